The molecule has 4 nitrogen and oxygen atoms in total. The Morgan fingerprint density at radius 2 is 2.15 bits per heavy atom. The van der Waals surface area contributed by atoms with Gasteiger partial charge in [0.15, 0.2) is 0 Å². The molecule has 0 bridgehead atoms. The molecule has 116 valence electrons. The van der Waals surface area contributed by atoms with Gasteiger partial charge in [0.25, 0.3) is 0 Å². The van der Waals surface area contributed by atoms with E-state index in [0.717, 1.165) is 21.9 Å². The first-order valence-corrected chi connectivity index (χ1v) is 10.2. The molecule has 1 atom stereocenters. The molecular formula is C13H24N2O2S3. The predicted molar refractivity (Wildman–Crippen MR) is 89.2 cm³/mol. The summed E-state index contributed by atoms with van der Waals surface area (Å²) in [7, 11) is 0.147. The summed E-state index contributed by atoms with van der Waals surface area (Å²) in [5, 5.41) is 3.06. The van der Waals surface area contributed by atoms with Gasteiger partial charge < -0.3 is 5.32 Å². The third-order valence-corrected chi connectivity index (χ3v) is 7.21. The highest BCUT2D eigenvalue weighted by Crippen LogP contribution is 2.29. The molecule has 0 spiro atoms. The van der Waals surface area contributed by atoms with Gasteiger partial charge in [0, 0.05) is 29.4 Å². The molecule has 0 aliphatic rings. The molecular weight excluding hydrogens is 312 g/mol. The smallest absolute Gasteiger partial charge is 0.244 e. The zero-order valence-corrected chi connectivity index (χ0v) is 15.2. The van der Waals surface area contributed by atoms with Gasteiger partial charge in [0.2, 0.25) is 10.0 Å². The Bertz CT molecular complexity index is 526. The molecule has 1 aromatic heterocycles. The normalized spacial score (nSPS) is 13.9. The van der Waals surface area contributed by atoms with Crippen molar-refractivity contribution < 1.29 is 8.42 Å². The fraction of sp³-hybridized carbons (Fsp3) is 0.692. The first kappa shape index (κ1) is 18.0. The van der Waals surface area contributed by atoms with Crippen LogP contribution in [0.1, 0.15) is 23.1 Å². The van der Waals surface area contributed by atoms with Crippen molar-refractivity contribution in [2.75, 3.05) is 26.1 Å². The number of thiophene rings is 1. The number of aryl methyl sites for hydroxylation is 1. The molecule has 1 aromatic rings. The molecule has 0 fully saturated rings. The Balaban J connectivity index is 2.97. The Labute approximate surface area is 131 Å². The number of rotatable bonds is 8. The molecule has 0 saturated carbocycles. The summed E-state index contributed by atoms with van der Waals surface area (Å²) in [5.41, 5.74) is 0. The Hall–Kier alpha value is -0.0800. The van der Waals surface area contributed by atoms with Gasteiger partial charge in [-0.2, -0.15) is 16.1 Å². The van der Waals surface area contributed by atoms with Crippen LogP contribution in [0.4, 0.5) is 0 Å². The highest BCUT2D eigenvalue weighted by molar-refractivity contribution is 7.98. The van der Waals surface area contributed by atoms with Gasteiger partial charge in [0.05, 0.1) is 4.90 Å². The number of thioether (sulfide) groups is 1. The van der Waals surface area contributed by atoms with Crippen LogP contribution in [-0.2, 0) is 16.6 Å². The molecule has 1 N–H and O–H groups in total. The lowest BCUT2D eigenvalue weighted by Crippen LogP contribution is -2.35. The lowest BCUT2D eigenvalue weighted by molar-refractivity contribution is 0.382. The van der Waals surface area contributed by atoms with Crippen LogP contribution in [0.15, 0.2) is 11.0 Å². The van der Waals surface area contributed by atoms with E-state index in [1.807, 2.05) is 27.2 Å². The Morgan fingerprint density at radius 3 is 2.70 bits per heavy atom. The van der Waals surface area contributed by atoms with E-state index in [9.17, 15) is 8.42 Å². The van der Waals surface area contributed by atoms with Crippen LogP contribution < -0.4 is 5.32 Å². The standard InChI is InChI=1S/C13H24N2O2S3/c1-10(6-7-18-5)15(4)20(16,17)13-8-12(9-14-3)19-11(13)2/h8,10,14H,6-7,9H2,1-5H3. The van der Waals surface area contributed by atoms with Gasteiger partial charge in [-0.1, -0.05) is 0 Å². The molecule has 0 amide bonds. The molecule has 0 aliphatic heterocycles. The van der Waals surface area contributed by atoms with Crippen LogP contribution in [0.25, 0.3) is 0 Å². The maximum absolute atomic E-state index is 12.7. The Morgan fingerprint density at radius 1 is 1.50 bits per heavy atom. The van der Waals surface area contributed by atoms with Gasteiger partial charge in [-0.3, -0.25) is 0 Å². The van der Waals surface area contributed by atoms with E-state index in [2.05, 4.69) is 5.32 Å². The summed E-state index contributed by atoms with van der Waals surface area (Å²) in [6, 6.07) is 1.81. The van der Waals surface area contributed by atoms with Crippen LogP contribution in [0.3, 0.4) is 0 Å². The minimum absolute atomic E-state index is 0.0134. The molecule has 20 heavy (non-hydrogen) atoms. The van der Waals surface area contributed by atoms with Crippen molar-refractivity contribution in [2.24, 2.45) is 0 Å². The third kappa shape index (κ3) is 4.21. The lowest BCUT2D eigenvalue weighted by atomic mass is 10.3. The molecule has 0 radical (unpaired) electrons. The number of sulfonamides is 1. The van der Waals surface area contributed by atoms with Gasteiger partial charge in [-0.25, -0.2) is 8.42 Å². The first-order valence-electron chi connectivity index (χ1n) is 6.55. The lowest BCUT2D eigenvalue weighted by Gasteiger charge is -2.24. The molecule has 1 heterocycles. The zero-order chi connectivity index (χ0) is 15.3. The number of nitrogens with zero attached hydrogens (tertiary/aromatic N) is 1. The van der Waals surface area contributed by atoms with E-state index in [0.29, 0.717) is 11.4 Å². The van der Waals surface area contributed by atoms with E-state index in [-0.39, 0.29) is 6.04 Å². The third-order valence-electron chi connectivity index (χ3n) is 3.29. The topological polar surface area (TPSA) is 49.4 Å². The highest BCUT2D eigenvalue weighted by atomic mass is 32.2. The van der Waals surface area contributed by atoms with Crippen molar-refractivity contribution in [1.29, 1.82) is 0 Å². The van der Waals surface area contributed by atoms with E-state index in [1.54, 1.807) is 36.2 Å². The SMILES string of the molecule is CNCc1cc(S(=O)(=O)N(C)C(C)CCSC)c(C)s1. The summed E-state index contributed by atoms with van der Waals surface area (Å²) in [5.74, 6) is 0.967. The second kappa shape index (κ2) is 7.79. The van der Waals surface area contributed by atoms with Crippen LogP contribution in [0.5, 0.6) is 0 Å². The maximum atomic E-state index is 12.7. The quantitative estimate of drug-likeness (QED) is 0.792. The highest BCUT2D eigenvalue weighted by Gasteiger charge is 2.28. The van der Waals surface area contributed by atoms with Crippen LogP contribution >= 0.6 is 23.1 Å². The second-order valence-electron chi connectivity index (χ2n) is 4.82. The van der Waals surface area contributed by atoms with Crippen molar-refractivity contribution >= 4 is 33.1 Å². The van der Waals surface area contributed by atoms with Gasteiger partial charge in [-0.15, -0.1) is 11.3 Å². The number of hydrogen-bond donors (Lipinski definition) is 1. The summed E-state index contributed by atoms with van der Waals surface area (Å²) in [6.07, 6.45) is 2.90. The summed E-state index contributed by atoms with van der Waals surface area (Å²) in [6.45, 7) is 4.54. The minimum Gasteiger partial charge on any atom is -0.315 e. The second-order valence-corrected chi connectivity index (χ2v) is 9.11. The fourth-order valence-electron chi connectivity index (χ4n) is 1.90. The summed E-state index contributed by atoms with van der Waals surface area (Å²) in [4.78, 5) is 2.36. The maximum Gasteiger partial charge on any atom is 0.244 e. The Kier molecular flexibility index (Phi) is 7.00. The van der Waals surface area contributed by atoms with Gasteiger partial charge in [-0.05, 0) is 45.4 Å². The molecule has 1 rings (SSSR count). The van der Waals surface area contributed by atoms with Crippen molar-refractivity contribution in [1.82, 2.24) is 9.62 Å². The predicted octanol–water partition coefficient (Wildman–Crippen LogP) is 2.54. The fourth-order valence-corrected chi connectivity index (χ4v) is 5.49. The van der Waals surface area contributed by atoms with Crippen molar-refractivity contribution in [3.8, 4) is 0 Å². The summed E-state index contributed by atoms with van der Waals surface area (Å²) >= 11 is 3.28. The van der Waals surface area contributed by atoms with Gasteiger partial charge >= 0.3 is 0 Å². The molecule has 7 heteroatoms. The summed E-state index contributed by atoms with van der Waals surface area (Å²) < 4.78 is 26.9. The van der Waals surface area contributed by atoms with Crippen molar-refractivity contribution in [3.63, 3.8) is 0 Å². The van der Waals surface area contributed by atoms with Crippen LogP contribution in [0.2, 0.25) is 0 Å². The van der Waals surface area contributed by atoms with Gasteiger partial charge in [0.1, 0.15) is 0 Å². The number of nitrogens with one attached hydrogen (secondary N) is 1. The van der Waals surface area contributed by atoms with E-state index in [4.69, 9.17) is 0 Å². The molecule has 0 saturated heterocycles. The zero-order valence-electron chi connectivity index (χ0n) is 12.8. The average Bonchev–Trinajstić information content (AvgIpc) is 2.77. The van der Waals surface area contributed by atoms with Crippen molar-refractivity contribution in [3.05, 3.63) is 15.8 Å². The van der Waals surface area contributed by atoms with Crippen LogP contribution in [0, 0.1) is 6.92 Å². The van der Waals surface area contributed by atoms with E-state index in [1.165, 1.54) is 4.31 Å². The monoisotopic (exact) mass is 336 g/mol. The van der Waals surface area contributed by atoms with E-state index < -0.39 is 10.0 Å². The molecule has 0 aromatic carbocycles. The molecule has 1 unspecified atom stereocenters. The largest absolute Gasteiger partial charge is 0.315 e. The average molecular weight is 337 g/mol. The minimum atomic E-state index is -3.39. The van der Waals surface area contributed by atoms with E-state index >= 15 is 0 Å². The van der Waals surface area contributed by atoms with Crippen LogP contribution in [-0.4, -0.2) is 44.9 Å². The van der Waals surface area contributed by atoms with Crippen molar-refractivity contribution in [2.45, 2.75) is 37.8 Å². The first-order chi connectivity index (χ1) is 9.34. The molecule has 0 aliphatic carbocycles. The number of hydrogen-bond acceptors (Lipinski definition) is 5.